The number of morpholine rings is 1. The topological polar surface area (TPSA) is 95.0 Å². The first-order valence-electron chi connectivity index (χ1n) is 12.8. The van der Waals surface area contributed by atoms with E-state index in [1.54, 1.807) is 19.2 Å². The average Bonchev–Trinajstić information content (AvgIpc) is 2.91. The van der Waals surface area contributed by atoms with Crippen molar-refractivity contribution in [3.63, 3.8) is 0 Å². The van der Waals surface area contributed by atoms with E-state index < -0.39 is 11.2 Å². The van der Waals surface area contributed by atoms with Gasteiger partial charge < -0.3 is 24.3 Å². The number of esters is 1. The number of benzene rings is 2. The van der Waals surface area contributed by atoms with Gasteiger partial charge in [-0.1, -0.05) is 11.6 Å². The van der Waals surface area contributed by atoms with Gasteiger partial charge >= 0.3 is 5.97 Å². The summed E-state index contributed by atoms with van der Waals surface area (Å²) in [7, 11) is 1.58. The van der Waals surface area contributed by atoms with Gasteiger partial charge in [0.2, 0.25) is 0 Å². The number of hydrogen-bond acceptors (Lipinski definition) is 9. The number of halogens is 2. The molecule has 4 rings (SSSR count). The van der Waals surface area contributed by atoms with Crippen molar-refractivity contribution in [3.8, 4) is 11.5 Å². The maximum absolute atomic E-state index is 13.6. The molecule has 1 aliphatic heterocycles. The number of hydrogen-bond donors (Lipinski definition) is 1. The fourth-order valence-corrected chi connectivity index (χ4v) is 4.27. The Morgan fingerprint density at radius 3 is 2.79 bits per heavy atom. The normalized spacial score (nSPS) is 16.2. The molecule has 0 aliphatic carbocycles. The lowest BCUT2D eigenvalue weighted by molar-refractivity contribution is -0.159. The van der Waals surface area contributed by atoms with Gasteiger partial charge in [0.1, 0.15) is 30.7 Å². The molecule has 1 aliphatic rings. The molecule has 0 unspecified atom stereocenters. The van der Waals surface area contributed by atoms with Gasteiger partial charge in [-0.15, -0.1) is 0 Å². The zero-order chi connectivity index (χ0) is 28.0. The minimum atomic E-state index is -0.535. The van der Waals surface area contributed by atoms with Crippen molar-refractivity contribution in [2.45, 2.75) is 33.3 Å². The fourth-order valence-electron chi connectivity index (χ4n) is 4.09. The molecule has 0 spiro atoms. The van der Waals surface area contributed by atoms with Gasteiger partial charge in [0.05, 0.1) is 36.3 Å². The smallest absolute Gasteiger partial charge is 0.311 e. The molecule has 1 atom stereocenters. The second-order valence-electron chi connectivity index (χ2n) is 10.3. The maximum atomic E-state index is 13.6. The Labute approximate surface area is 232 Å². The van der Waals surface area contributed by atoms with Crippen molar-refractivity contribution in [2.75, 3.05) is 51.9 Å². The van der Waals surface area contributed by atoms with E-state index in [2.05, 4.69) is 20.2 Å². The molecule has 0 saturated carbocycles. The highest BCUT2D eigenvalue weighted by Gasteiger charge is 2.26. The average molecular weight is 561 g/mol. The van der Waals surface area contributed by atoms with Gasteiger partial charge in [0, 0.05) is 36.8 Å². The van der Waals surface area contributed by atoms with Crippen molar-refractivity contribution < 1.29 is 28.1 Å². The van der Waals surface area contributed by atoms with E-state index in [1.165, 1.54) is 18.5 Å². The first kappa shape index (κ1) is 28.8. The lowest BCUT2D eigenvalue weighted by atomic mass is 9.97. The highest BCUT2D eigenvalue weighted by Crippen LogP contribution is 2.35. The molecule has 11 heteroatoms. The lowest BCUT2D eigenvalue weighted by Crippen LogP contribution is -2.45. The molecule has 1 saturated heterocycles. The van der Waals surface area contributed by atoms with Crippen LogP contribution in [0.15, 0.2) is 36.7 Å². The third kappa shape index (κ3) is 7.68. The zero-order valence-corrected chi connectivity index (χ0v) is 23.4. The second kappa shape index (κ2) is 12.8. The molecule has 2 heterocycles. The van der Waals surface area contributed by atoms with E-state index in [9.17, 15) is 9.18 Å². The van der Waals surface area contributed by atoms with E-state index in [-0.39, 0.29) is 23.7 Å². The van der Waals surface area contributed by atoms with Crippen LogP contribution in [0.5, 0.6) is 11.5 Å². The predicted molar refractivity (Wildman–Crippen MR) is 147 cm³/mol. The van der Waals surface area contributed by atoms with Crippen molar-refractivity contribution in [1.29, 1.82) is 0 Å². The second-order valence-corrected chi connectivity index (χ2v) is 10.7. The molecule has 2 aromatic carbocycles. The maximum Gasteiger partial charge on any atom is 0.311 e. The Morgan fingerprint density at radius 2 is 2.05 bits per heavy atom. The third-order valence-corrected chi connectivity index (χ3v) is 6.50. The first-order chi connectivity index (χ1) is 18.6. The molecular formula is C28H34ClFN4O5. The van der Waals surface area contributed by atoms with Crippen molar-refractivity contribution in [3.05, 3.63) is 47.5 Å². The highest BCUT2D eigenvalue weighted by molar-refractivity contribution is 6.31. The number of carbonyl (C=O) groups is 1. The first-order valence-corrected chi connectivity index (χ1v) is 13.2. The van der Waals surface area contributed by atoms with Crippen LogP contribution in [0.1, 0.15) is 27.2 Å². The van der Waals surface area contributed by atoms with Crippen LogP contribution in [-0.2, 0) is 14.3 Å². The third-order valence-electron chi connectivity index (χ3n) is 6.21. The van der Waals surface area contributed by atoms with Gasteiger partial charge in [-0.3, -0.25) is 9.69 Å². The Bertz CT molecular complexity index is 1300. The van der Waals surface area contributed by atoms with Crippen LogP contribution < -0.4 is 14.8 Å². The van der Waals surface area contributed by atoms with E-state index in [1.807, 2.05) is 26.8 Å². The summed E-state index contributed by atoms with van der Waals surface area (Å²) in [6.45, 7) is 9.11. The summed E-state index contributed by atoms with van der Waals surface area (Å²) in [6, 6.07) is 7.99. The monoisotopic (exact) mass is 560 g/mol. The summed E-state index contributed by atoms with van der Waals surface area (Å²) < 4.78 is 36.4. The van der Waals surface area contributed by atoms with Crippen LogP contribution in [0.25, 0.3) is 10.9 Å². The van der Waals surface area contributed by atoms with Crippen LogP contribution in [0.2, 0.25) is 5.02 Å². The van der Waals surface area contributed by atoms with Crippen molar-refractivity contribution >= 4 is 40.0 Å². The summed E-state index contributed by atoms with van der Waals surface area (Å²) in [5, 5.41) is 3.90. The summed E-state index contributed by atoms with van der Waals surface area (Å²) in [5.74, 6) is 0.928. The summed E-state index contributed by atoms with van der Waals surface area (Å²) in [4.78, 5) is 23.0. The Hall–Kier alpha value is -3.21. The molecule has 1 aromatic heterocycles. The van der Waals surface area contributed by atoms with E-state index in [0.717, 1.165) is 24.9 Å². The molecule has 0 radical (unpaired) electrons. The lowest BCUT2D eigenvalue weighted by Gasteiger charge is -2.33. The van der Waals surface area contributed by atoms with Crippen LogP contribution in [0.3, 0.4) is 0 Å². The number of ether oxygens (including phenoxy) is 4. The minimum Gasteiger partial charge on any atom is -0.493 e. The molecule has 1 N–H and O–H groups in total. The van der Waals surface area contributed by atoms with E-state index in [0.29, 0.717) is 48.3 Å². The molecule has 9 nitrogen and oxygen atoms in total. The number of anilines is 2. The number of rotatable bonds is 10. The van der Waals surface area contributed by atoms with Gasteiger partial charge in [0.25, 0.3) is 0 Å². The number of carbonyl (C=O) groups excluding carboxylic acids is 1. The number of nitrogens with one attached hydrogen (secondary N) is 1. The molecule has 39 heavy (non-hydrogen) atoms. The van der Waals surface area contributed by atoms with Gasteiger partial charge in [-0.05, 0) is 51.5 Å². The Morgan fingerprint density at radius 1 is 1.23 bits per heavy atom. The van der Waals surface area contributed by atoms with Gasteiger partial charge in [0.15, 0.2) is 11.5 Å². The van der Waals surface area contributed by atoms with Crippen LogP contribution in [0.4, 0.5) is 15.9 Å². The van der Waals surface area contributed by atoms with Crippen molar-refractivity contribution in [2.24, 2.45) is 5.41 Å². The molecule has 3 aromatic rings. The summed E-state index contributed by atoms with van der Waals surface area (Å²) in [5.41, 5.74) is 0.723. The molecule has 1 fully saturated rings. The largest absolute Gasteiger partial charge is 0.493 e. The predicted octanol–water partition coefficient (Wildman–Crippen LogP) is 5.23. The molecule has 210 valence electrons. The Balaban J connectivity index is 1.35. The number of methoxy groups -OCH3 is 1. The minimum absolute atomic E-state index is 0.0153. The van der Waals surface area contributed by atoms with Crippen LogP contribution in [0, 0.1) is 11.2 Å². The van der Waals surface area contributed by atoms with Crippen LogP contribution >= 0.6 is 11.6 Å². The van der Waals surface area contributed by atoms with Crippen molar-refractivity contribution in [1.82, 2.24) is 14.9 Å². The molecular weight excluding hydrogens is 527 g/mol. The van der Waals surface area contributed by atoms with Gasteiger partial charge in [-0.2, -0.15) is 0 Å². The SMILES string of the molecule is COc1cc2ncnc(Nc3ccc(F)c(Cl)c3)c2cc1OCCCN1CCO[C@H](COC(=O)C(C)(C)C)C1. The fraction of sp³-hybridized carbons (Fsp3) is 0.464. The standard InChI is InChI=1S/C28H34ClFN4O5/c1-28(2,3)27(35)39-16-19-15-34(9-11-37-19)8-5-10-38-25-13-20-23(14-24(25)36-4)31-17-32-26(20)33-18-6-7-22(30)21(29)12-18/h6-7,12-14,17,19H,5,8-11,15-16H2,1-4H3,(H,31,32,33)/t19-/m0/s1. The van der Waals surface area contributed by atoms with E-state index >= 15 is 0 Å². The summed E-state index contributed by atoms with van der Waals surface area (Å²) in [6.07, 6.45) is 2.07. The number of nitrogens with zero attached hydrogens (tertiary/aromatic N) is 3. The number of aromatic nitrogens is 2. The molecule has 0 amide bonds. The Kier molecular flexibility index (Phi) is 9.42. The molecule has 0 bridgehead atoms. The highest BCUT2D eigenvalue weighted by atomic mass is 35.5. The van der Waals surface area contributed by atoms with E-state index in [4.69, 9.17) is 30.5 Å². The quantitative estimate of drug-likeness (QED) is 0.264. The van der Waals surface area contributed by atoms with Gasteiger partial charge in [-0.25, -0.2) is 14.4 Å². The van der Waals surface area contributed by atoms with Crippen LogP contribution in [-0.4, -0.2) is 73.5 Å². The summed E-state index contributed by atoms with van der Waals surface area (Å²) >= 11 is 5.93. The zero-order valence-electron chi connectivity index (χ0n) is 22.6. The number of fused-ring (bicyclic) bond motifs is 1.